The van der Waals surface area contributed by atoms with E-state index in [0.29, 0.717) is 0 Å². The number of amides is 1. The van der Waals surface area contributed by atoms with Gasteiger partial charge in [0.1, 0.15) is 0 Å². The van der Waals surface area contributed by atoms with Crippen molar-refractivity contribution < 1.29 is 4.79 Å². The second-order valence-corrected chi connectivity index (χ2v) is 2.39. The second-order valence-electron chi connectivity index (χ2n) is 2.39. The summed E-state index contributed by atoms with van der Waals surface area (Å²) in [5.74, 6) is -0.0570. The first-order valence-electron chi connectivity index (χ1n) is 3.76. The predicted molar refractivity (Wildman–Crippen MR) is 46.1 cm³/mol. The Morgan fingerprint density at radius 2 is 2.36 bits per heavy atom. The predicted octanol–water partition coefficient (Wildman–Crippen LogP) is 0.586. The molecule has 0 aliphatic carbocycles. The summed E-state index contributed by atoms with van der Waals surface area (Å²) in [5, 5.41) is 3.12. The van der Waals surface area contributed by atoms with Gasteiger partial charge in [-0.2, -0.15) is 0 Å². The summed E-state index contributed by atoms with van der Waals surface area (Å²) < 4.78 is 0. The standard InChI is InChI=1S/C8H16N2O/c1-5-8(11)10(4)7(3)9-6-2/h5,7,9H,1,6H2,2-4H3. The van der Waals surface area contributed by atoms with E-state index in [-0.39, 0.29) is 12.1 Å². The summed E-state index contributed by atoms with van der Waals surface area (Å²) >= 11 is 0. The van der Waals surface area contributed by atoms with Crippen molar-refractivity contribution in [3.8, 4) is 0 Å². The molecule has 0 heterocycles. The van der Waals surface area contributed by atoms with Crippen molar-refractivity contribution in [1.82, 2.24) is 10.2 Å². The molecule has 0 aliphatic rings. The molecular weight excluding hydrogens is 140 g/mol. The Labute approximate surface area is 68.1 Å². The summed E-state index contributed by atoms with van der Waals surface area (Å²) in [7, 11) is 1.75. The van der Waals surface area contributed by atoms with Gasteiger partial charge in [-0.1, -0.05) is 13.5 Å². The number of hydrogen-bond acceptors (Lipinski definition) is 2. The lowest BCUT2D eigenvalue weighted by molar-refractivity contribution is -0.126. The minimum atomic E-state index is -0.0570. The van der Waals surface area contributed by atoms with E-state index < -0.39 is 0 Å². The Balaban J connectivity index is 3.89. The molecule has 0 saturated carbocycles. The SMILES string of the molecule is C=CC(=O)N(C)C(C)NCC. The fourth-order valence-corrected chi connectivity index (χ4v) is 0.767. The normalized spacial score (nSPS) is 12.3. The molecule has 0 rings (SSSR count). The van der Waals surface area contributed by atoms with Gasteiger partial charge in [0.2, 0.25) is 5.91 Å². The summed E-state index contributed by atoms with van der Waals surface area (Å²) in [6, 6.07) is 0. The lowest BCUT2D eigenvalue weighted by Crippen LogP contribution is -2.43. The van der Waals surface area contributed by atoms with E-state index >= 15 is 0 Å². The number of hydrogen-bond donors (Lipinski definition) is 1. The minimum absolute atomic E-state index is 0.0570. The maximum Gasteiger partial charge on any atom is 0.246 e. The van der Waals surface area contributed by atoms with E-state index in [1.165, 1.54) is 6.08 Å². The Bertz CT molecular complexity index is 145. The lowest BCUT2D eigenvalue weighted by Gasteiger charge is -2.23. The molecule has 1 unspecified atom stereocenters. The molecule has 3 nitrogen and oxygen atoms in total. The van der Waals surface area contributed by atoms with Crippen LogP contribution in [0.1, 0.15) is 13.8 Å². The van der Waals surface area contributed by atoms with E-state index in [9.17, 15) is 4.79 Å². The molecule has 0 radical (unpaired) electrons. The number of nitrogens with one attached hydrogen (secondary N) is 1. The van der Waals surface area contributed by atoms with Gasteiger partial charge in [0.05, 0.1) is 6.17 Å². The summed E-state index contributed by atoms with van der Waals surface area (Å²) in [6.07, 6.45) is 1.39. The van der Waals surface area contributed by atoms with Crippen molar-refractivity contribution in [2.45, 2.75) is 20.0 Å². The highest BCUT2D eigenvalue weighted by molar-refractivity contribution is 5.86. The molecule has 0 aliphatic heterocycles. The van der Waals surface area contributed by atoms with E-state index in [0.717, 1.165) is 6.54 Å². The van der Waals surface area contributed by atoms with E-state index in [1.807, 2.05) is 13.8 Å². The summed E-state index contributed by atoms with van der Waals surface area (Å²) in [6.45, 7) is 8.20. The highest BCUT2D eigenvalue weighted by atomic mass is 16.2. The van der Waals surface area contributed by atoms with Crippen LogP contribution in [-0.4, -0.2) is 30.6 Å². The first-order valence-corrected chi connectivity index (χ1v) is 3.76. The molecule has 0 aromatic heterocycles. The lowest BCUT2D eigenvalue weighted by atomic mass is 10.4. The molecule has 64 valence electrons. The van der Waals surface area contributed by atoms with Gasteiger partial charge in [-0.05, 0) is 19.5 Å². The van der Waals surface area contributed by atoms with Crippen LogP contribution in [0.2, 0.25) is 0 Å². The van der Waals surface area contributed by atoms with Crippen LogP contribution >= 0.6 is 0 Å². The highest BCUT2D eigenvalue weighted by Gasteiger charge is 2.10. The highest BCUT2D eigenvalue weighted by Crippen LogP contribution is 1.91. The first-order chi connectivity index (χ1) is 5.13. The van der Waals surface area contributed by atoms with Crippen molar-refractivity contribution in [3.05, 3.63) is 12.7 Å². The monoisotopic (exact) mass is 156 g/mol. The molecule has 1 atom stereocenters. The van der Waals surface area contributed by atoms with Crippen molar-refractivity contribution in [2.75, 3.05) is 13.6 Å². The van der Waals surface area contributed by atoms with Gasteiger partial charge in [0.15, 0.2) is 0 Å². The molecule has 0 fully saturated rings. The van der Waals surface area contributed by atoms with Crippen molar-refractivity contribution in [2.24, 2.45) is 0 Å². The van der Waals surface area contributed by atoms with Crippen LogP contribution in [0.5, 0.6) is 0 Å². The van der Waals surface area contributed by atoms with Gasteiger partial charge in [0.25, 0.3) is 0 Å². The zero-order valence-corrected chi connectivity index (χ0v) is 7.42. The number of nitrogens with zero attached hydrogens (tertiary/aromatic N) is 1. The van der Waals surface area contributed by atoms with E-state index in [2.05, 4.69) is 11.9 Å². The maximum absolute atomic E-state index is 11.0. The zero-order chi connectivity index (χ0) is 8.85. The van der Waals surface area contributed by atoms with Gasteiger partial charge in [-0.25, -0.2) is 0 Å². The van der Waals surface area contributed by atoms with Crippen molar-refractivity contribution >= 4 is 5.91 Å². The van der Waals surface area contributed by atoms with Crippen LogP contribution in [0.3, 0.4) is 0 Å². The third kappa shape index (κ3) is 3.18. The van der Waals surface area contributed by atoms with Gasteiger partial charge in [-0.15, -0.1) is 0 Å². The Hall–Kier alpha value is -0.830. The molecule has 3 heteroatoms. The Morgan fingerprint density at radius 3 is 2.73 bits per heavy atom. The van der Waals surface area contributed by atoms with Gasteiger partial charge in [0, 0.05) is 7.05 Å². The zero-order valence-electron chi connectivity index (χ0n) is 7.42. The van der Waals surface area contributed by atoms with Crippen LogP contribution in [0.25, 0.3) is 0 Å². The summed E-state index contributed by atoms with van der Waals surface area (Å²) in [5.41, 5.74) is 0. The number of carbonyl (C=O) groups is 1. The molecule has 0 bridgehead atoms. The maximum atomic E-state index is 11.0. The molecule has 11 heavy (non-hydrogen) atoms. The van der Waals surface area contributed by atoms with E-state index in [4.69, 9.17) is 0 Å². The smallest absolute Gasteiger partial charge is 0.246 e. The van der Waals surface area contributed by atoms with Gasteiger partial charge >= 0.3 is 0 Å². The molecule has 0 aromatic rings. The molecule has 1 amide bonds. The molecule has 0 aromatic carbocycles. The van der Waals surface area contributed by atoms with E-state index in [1.54, 1.807) is 11.9 Å². The van der Waals surface area contributed by atoms with Crippen LogP contribution in [0.4, 0.5) is 0 Å². The average molecular weight is 156 g/mol. The Morgan fingerprint density at radius 1 is 1.82 bits per heavy atom. The average Bonchev–Trinajstić information content (AvgIpc) is 2.02. The molecular formula is C8H16N2O. The Kier molecular flexibility index (Phi) is 4.54. The van der Waals surface area contributed by atoms with Crippen LogP contribution in [0, 0.1) is 0 Å². The van der Waals surface area contributed by atoms with Gasteiger partial charge in [-0.3, -0.25) is 10.1 Å². The van der Waals surface area contributed by atoms with Crippen LogP contribution in [0.15, 0.2) is 12.7 Å². The molecule has 0 spiro atoms. The van der Waals surface area contributed by atoms with Gasteiger partial charge < -0.3 is 4.90 Å². The third-order valence-electron chi connectivity index (χ3n) is 1.60. The fourth-order valence-electron chi connectivity index (χ4n) is 0.767. The molecule has 0 saturated heterocycles. The fraction of sp³-hybridized carbons (Fsp3) is 0.625. The third-order valence-corrected chi connectivity index (χ3v) is 1.60. The van der Waals surface area contributed by atoms with Crippen LogP contribution in [-0.2, 0) is 4.79 Å². The largest absolute Gasteiger partial charge is 0.327 e. The number of carbonyl (C=O) groups excluding carboxylic acids is 1. The van der Waals surface area contributed by atoms with Crippen LogP contribution < -0.4 is 5.32 Å². The molecule has 1 N–H and O–H groups in total. The topological polar surface area (TPSA) is 32.3 Å². The van der Waals surface area contributed by atoms with Crippen molar-refractivity contribution in [3.63, 3.8) is 0 Å². The van der Waals surface area contributed by atoms with Crippen molar-refractivity contribution in [1.29, 1.82) is 0 Å². The minimum Gasteiger partial charge on any atom is -0.327 e. The second kappa shape index (κ2) is 4.91. The first kappa shape index (κ1) is 10.2. The quantitative estimate of drug-likeness (QED) is 0.477. The number of rotatable bonds is 4. The number of likely N-dealkylation sites (N-methyl/N-ethyl adjacent to an activating group) is 1. The summed E-state index contributed by atoms with van der Waals surface area (Å²) in [4.78, 5) is 12.6.